The number of pyridine rings is 1. The lowest BCUT2D eigenvalue weighted by Gasteiger charge is -2.28. The Morgan fingerprint density at radius 3 is 2.56 bits per heavy atom. The predicted octanol–water partition coefficient (Wildman–Crippen LogP) is 2.22. The molecule has 1 aliphatic carbocycles. The van der Waals surface area contributed by atoms with Crippen LogP contribution in [0.15, 0.2) is 48.1 Å². The molecule has 39 heavy (non-hydrogen) atoms. The number of aromatic amines is 2. The van der Waals surface area contributed by atoms with E-state index in [4.69, 9.17) is 4.52 Å². The van der Waals surface area contributed by atoms with E-state index < -0.39 is 28.4 Å². The number of halogens is 2. The Hall–Kier alpha value is -4.23. The first-order valence-electron chi connectivity index (χ1n) is 12.8. The number of aromatic nitrogens is 7. The van der Waals surface area contributed by atoms with Crippen LogP contribution in [0, 0.1) is 5.92 Å². The smallest absolute Gasteiger partial charge is 0.331 e. The quantitative estimate of drug-likeness (QED) is 0.304. The molecule has 4 aromatic rings. The first kappa shape index (κ1) is 26.4. The Kier molecular flexibility index (Phi) is 7.35. The number of alkyl halides is 2. The zero-order valence-corrected chi connectivity index (χ0v) is 21.0. The molecule has 0 atom stereocenters. The molecular formula is C25H27F2N7O5. The number of rotatable bonds is 9. The normalized spacial score (nSPS) is 15.6. The molecule has 0 aliphatic heterocycles. The number of H-pyrrole nitrogens is 2. The fourth-order valence-electron chi connectivity index (χ4n) is 4.96. The summed E-state index contributed by atoms with van der Waals surface area (Å²) in [5.74, 6) is -1.98. The van der Waals surface area contributed by atoms with Gasteiger partial charge in [-0.2, -0.15) is 4.98 Å². The Bertz CT molecular complexity index is 1690. The van der Waals surface area contributed by atoms with E-state index in [1.807, 2.05) is 0 Å². The van der Waals surface area contributed by atoms with E-state index in [0.717, 1.165) is 9.13 Å². The summed E-state index contributed by atoms with van der Waals surface area (Å²) in [7, 11) is 0. The zero-order chi connectivity index (χ0) is 27.6. The lowest BCUT2D eigenvalue weighted by atomic mass is 9.85. The highest BCUT2D eigenvalue weighted by Gasteiger charge is 2.34. The van der Waals surface area contributed by atoms with Crippen LogP contribution in [0.4, 0.5) is 8.78 Å². The van der Waals surface area contributed by atoms with Crippen molar-refractivity contribution < 1.29 is 13.3 Å². The van der Waals surface area contributed by atoms with Gasteiger partial charge >= 0.3 is 11.4 Å². The van der Waals surface area contributed by atoms with Crippen LogP contribution >= 0.6 is 0 Å². The van der Waals surface area contributed by atoms with E-state index in [1.54, 1.807) is 24.4 Å². The Balaban J connectivity index is 1.33. The fourth-order valence-corrected chi connectivity index (χ4v) is 4.96. The predicted molar refractivity (Wildman–Crippen MR) is 136 cm³/mol. The van der Waals surface area contributed by atoms with Gasteiger partial charge in [-0.15, -0.1) is 0 Å². The number of nitrogens with zero attached hydrogens (tertiary/aromatic N) is 5. The molecule has 2 N–H and O–H groups in total. The molecule has 206 valence electrons. The molecule has 0 unspecified atom stereocenters. The number of unbranched alkanes of at least 4 members (excludes halogenated alkanes) is 1. The third-order valence-electron chi connectivity index (χ3n) is 7.09. The molecule has 1 fully saturated rings. The number of aryl methyl sites for hydroxylation is 2. The molecule has 5 rings (SSSR count). The maximum atomic E-state index is 13.5. The van der Waals surface area contributed by atoms with Gasteiger partial charge in [0, 0.05) is 38.5 Å². The van der Waals surface area contributed by atoms with Crippen molar-refractivity contribution in [3.63, 3.8) is 0 Å². The van der Waals surface area contributed by atoms with Gasteiger partial charge in [-0.25, -0.2) is 18.4 Å². The highest BCUT2D eigenvalue weighted by molar-refractivity contribution is 5.71. The van der Waals surface area contributed by atoms with Crippen molar-refractivity contribution in [2.75, 3.05) is 0 Å². The average molecular weight is 544 g/mol. The highest BCUT2D eigenvalue weighted by Crippen LogP contribution is 2.37. The van der Waals surface area contributed by atoms with Crippen molar-refractivity contribution in [1.82, 2.24) is 34.2 Å². The van der Waals surface area contributed by atoms with Gasteiger partial charge in [0.25, 0.3) is 17.0 Å². The van der Waals surface area contributed by atoms with Crippen molar-refractivity contribution in [3.05, 3.63) is 71.9 Å². The summed E-state index contributed by atoms with van der Waals surface area (Å²) >= 11 is 0. The van der Waals surface area contributed by atoms with Crippen molar-refractivity contribution in [3.8, 4) is 11.6 Å². The Morgan fingerprint density at radius 2 is 1.82 bits per heavy atom. The third kappa shape index (κ3) is 5.78. The number of hydrogen-bond acceptors (Lipinski definition) is 8. The molecule has 4 aromatic heterocycles. The van der Waals surface area contributed by atoms with E-state index in [2.05, 4.69) is 25.1 Å². The van der Waals surface area contributed by atoms with Crippen LogP contribution < -0.4 is 22.5 Å². The minimum absolute atomic E-state index is 0.0308. The van der Waals surface area contributed by atoms with Crippen molar-refractivity contribution in [2.45, 2.75) is 70.4 Å². The molecular weight excluding hydrogens is 516 g/mol. The van der Waals surface area contributed by atoms with Crippen LogP contribution in [0.3, 0.4) is 0 Å². The SMILES string of the molecule is O=c1[nH]c(=O)c2c([nH]1)c(=O)n(CCCCc1noc(-c3ccccn3)n1)c(=O)n2CCC1CCC(F)(F)CC1. The summed E-state index contributed by atoms with van der Waals surface area (Å²) in [6.45, 7) is 0.0865. The zero-order valence-electron chi connectivity index (χ0n) is 21.0. The van der Waals surface area contributed by atoms with Crippen LogP contribution in [0.25, 0.3) is 22.6 Å². The average Bonchev–Trinajstić information content (AvgIpc) is 3.39. The summed E-state index contributed by atoms with van der Waals surface area (Å²) in [6.07, 6.45) is 3.53. The Morgan fingerprint density at radius 1 is 1.03 bits per heavy atom. The number of nitrogens with one attached hydrogen (secondary N) is 2. The van der Waals surface area contributed by atoms with Crippen LogP contribution in [0.1, 0.15) is 50.8 Å². The minimum Gasteiger partial charge on any atom is -0.332 e. The molecule has 12 nitrogen and oxygen atoms in total. The molecule has 1 aliphatic rings. The van der Waals surface area contributed by atoms with Crippen molar-refractivity contribution >= 4 is 11.0 Å². The van der Waals surface area contributed by atoms with E-state index >= 15 is 0 Å². The first-order valence-corrected chi connectivity index (χ1v) is 12.8. The van der Waals surface area contributed by atoms with Gasteiger partial charge in [0.1, 0.15) is 16.7 Å². The van der Waals surface area contributed by atoms with Gasteiger partial charge in [0.15, 0.2) is 5.82 Å². The van der Waals surface area contributed by atoms with Gasteiger partial charge in [-0.1, -0.05) is 11.2 Å². The van der Waals surface area contributed by atoms with Crippen LogP contribution in [0.2, 0.25) is 0 Å². The van der Waals surface area contributed by atoms with Gasteiger partial charge in [0.05, 0.1) is 0 Å². The minimum atomic E-state index is -2.68. The fraction of sp³-hybridized carbons (Fsp3) is 0.480. The van der Waals surface area contributed by atoms with Crippen molar-refractivity contribution in [1.29, 1.82) is 0 Å². The third-order valence-corrected chi connectivity index (χ3v) is 7.09. The molecule has 0 bridgehead atoms. The lowest BCUT2D eigenvalue weighted by Crippen LogP contribution is -2.44. The summed E-state index contributed by atoms with van der Waals surface area (Å²) in [4.78, 5) is 63.8. The Labute approximate surface area is 218 Å². The number of fused-ring (bicyclic) bond motifs is 1. The van der Waals surface area contributed by atoms with Crippen LogP contribution in [0.5, 0.6) is 0 Å². The molecule has 0 spiro atoms. The van der Waals surface area contributed by atoms with E-state index in [1.165, 1.54) is 0 Å². The summed E-state index contributed by atoms with van der Waals surface area (Å²) in [5, 5.41) is 3.94. The maximum absolute atomic E-state index is 13.5. The second-order valence-corrected chi connectivity index (χ2v) is 9.80. The summed E-state index contributed by atoms with van der Waals surface area (Å²) in [5.41, 5.74) is -3.13. The standard InChI is InChI=1S/C25H27F2N7O5/c26-25(27)10-7-15(8-11-25)9-14-33-19-18(30-23(37)31-20(19)35)22(36)34(24(33)38)13-4-2-6-17-29-21(39-32-17)16-5-1-3-12-28-16/h1,3,5,12,15H,2,4,6-11,13-14H2,(H2,30,31,35,37). The molecule has 14 heteroatoms. The number of hydrogen-bond donors (Lipinski definition) is 2. The van der Waals surface area contributed by atoms with E-state index in [0.29, 0.717) is 50.0 Å². The van der Waals surface area contributed by atoms with Gasteiger partial charge in [-0.3, -0.25) is 28.7 Å². The molecule has 0 aromatic carbocycles. The van der Waals surface area contributed by atoms with Crippen LogP contribution in [-0.2, 0) is 19.5 Å². The monoisotopic (exact) mass is 543 g/mol. The van der Waals surface area contributed by atoms with Gasteiger partial charge < -0.3 is 9.51 Å². The highest BCUT2D eigenvalue weighted by atomic mass is 19.3. The molecule has 0 radical (unpaired) electrons. The molecule has 0 amide bonds. The second kappa shape index (κ2) is 10.9. The largest absolute Gasteiger partial charge is 0.332 e. The second-order valence-electron chi connectivity index (χ2n) is 9.80. The molecule has 0 saturated heterocycles. The first-order chi connectivity index (χ1) is 18.7. The maximum Gasteiger partial charge on any atom is 0.331 e. The molecule has 1 saturated carbocycles. The summed E-state index contributed by atoms with van der Waals surface area (Å²) < 4.78 is 34.5. The van der Waals surface area contributed by atoms with Crippen LogP contribution in [-0.4, -0.2) is 40.1 Å². The van der Waals surface area contributed by atoms with E-state index in [-0.39, 0.29) is 48.8 Å². The van der Waals surface area contributed by atoms with E-state index in [9.17, 15) is 28.0 Å². The van der Waals surface area contributed by atoms with Crippen molar-refractivity contribution in [2.24, 2.45) is 5.92 Å². The topological polar surface area (TPSA) is 162 Å². The van der Waals surface area contributed by atoms with Gasteiger partial charge in [0.2, 0.25) is 5.92 Å². The van der Waals surface area contributed by atoms with Gasteiger partial charge in [-0.05, 0) is 50.2 Å². The summed E-state index contributed by atoms with van der Waals surface area (Å²) in [6, 6.07) is 5.31. The molecule has 4 heterocycles. The lowest BCUT2D eigenvalue weighted by molar-refractivity contribution is -0.0468.